The third-order valence-corrected chi connectivity index (χ3v) is 4.53. The fourth-order valence-electron chi connectivity index (χ4n) is 3.14. The standard InChI is InChI=1S/C18H19BrN2O/c1-12-10-18(16-11-14(19)8-9-17(16)20-12)21(13(2)22)15-6-4-3-5-7-15/h3-9,11-12,18,20H,10H2,1-2H3/t12-,18+/m0/s1. The minimum atomic E-state index is 0.0450. The molecule has 3 nitrogen and oxygen atoms in total. The van der Waals surface area contributed by atoms with Crippen LogP contribution in [0.2, 0.25) is 0 Å². The lowest BCUT2D eigenvalue weighted by molar-refractivity contribution is -0.117. The molecule has 3 rings (SSSR count). The maximum atomic E-state index is 12.3. The van der Waals surface area contributed by atoms with Crippen molar-refractivity contribution in [1.29, 1.82) is 0 Å². The van der Waals surface area contributed by atoms with Gasteiger partial charge in [0.05, 0.1) is 6.04 Å². The second-order valence-electron chi connectivity index (χ2n) is 5.75. The van der Waals surface area contributed by atoms with Gasteiger partial charge in [0, 0.05) is 28.8 Å². The summed E-state index contributed by atoms with van der Waals surface area (Å²) in [6, 6.07) is 16.5. The van der Waals surface area contributed by atoms with Crippen LogP contribution in [-0.4, -0.2) is 11.9 Å². The topological polar surface area (TPSA) is 32.3 Å². The van der Waals surface area contributed by atoms with Crippen LogP contribution in [0.25, 0.3) is 0 Å². The molecule has 0 fully saturated rings. The van der Waals surface area contributed by atoms with Crippen molar-refractivity contribution in [2.24, 2.45) is 0 Å². The van der Waals surface area contributed by atoms with Crippen molar-refractivity contribution in [3.05, 3.63) is 58.6 Å². The normalized spacial score (nSPS) is 20.0. The lowest BCUT2D eigenvalue weighted by atomic mass is 9.92. The molecule has 1 heterocycles. The van der Waals surface area contributed by atoms with Crippen molar-refractivity contribution >= 4 is 33.2 Å². The van der Waals surface area contributed by atoms with Crippen LogP contribution in [0.15, 0.2) is 53.0 Å². The average molecular weight is 359 g/mol. The summed E-state index contributed by atoms with van der Waals surface area (Å²) >= 11 is 3.54. The van der Waals surface area contributed by atoms with Gasteiger partial charge >= 0.3 is 0 Å². The Hall–Kier alpha value is -1.81. The predicted molar refractivity (Wildman–Crippen MR) is 94.2 cm³/mol. The molecule has 1 amide bonds. The van der Waals surface area contributed by atoms with Gasteiger partial charge in [0.15, 0.2) is 0 Å². The van der Waals surface area contributed by atoms with E-state index in [0.29, 0.717) is 6.04 Å². The quantitative estimate of drug-likeness (QED) is 0.840. The number of benzene rings is 2. The highest BCUT2D eigenvalue weighted by molar-refractivity contribution is 9.10. The SMILES string of the molecule is CC(=O)N(c1ccccc1)[C@@H]1C[C@H](C)Nc2ccc(Br)cc21. The maximum Gasteiger partial charge on any atom is 0.224 e. The molecule has 1 aliphatic heterocycles. The summed E-state index contributed by atoms with van der Waals surface area (Å²) in [6.07, 6.45) is 0.887. The van der Waals surface area contributed by atoms with Crippen LogP contribution >= 0.6 is 15.9 Å². The van der Waals surface area contributed by atoms with Gasteiger partial charge in [-0.3, -0.25) is 4.79 Å². The van der Waals surface area contributed by atoms with Gasteiger partial charge in [0.25, 0.3) is 0 Å². The number of amides is 1. The molecule has 2 aromatic rings. The van der Waals surface area contributed by atoms with E-state index in [-0.39, 0.29) is 11.9 Å². The highest BCUT2D eigenvalue weighted by Crippen LogP contribution is 2.40. The van der Waals surface area contributed by atoms with E-state index in [1.165, 1.54) is 0 Å². The molecule has 0 aliphatic carbocycles. The summed E-state index contributed by atoms with van der Waals surface area (Å²) in [5.74, 6) is 0.0659. The summed E-state index contributed by atoms with van der Waals surface area (Å²) in [4.78, 5) is 14.2. The van der Waals surface area contributed by atoms with Crippen molar-refractivity contribution in [1.82, 2.24) is 0 Å². The number of halogens is 1. The van der Waals surface area contributed by atoms with Gasteiger partial charge in [-0.2, -0.15) is 0 Å². The molecule has 1 aliphatic rings. The zero-order chi connectivity index (χ0) is 15.7. The van der Waals surface area contributed by atoms with Gasteiger partial charge < -0.3 is 10.2 Å². The van der Waals surface area contributed by atoms with E-state index >= 15 is 0 Å². The molecule has 2 atom stereocenters. The van der Waals surface area contributed by atoms with Crippen LogP contribution < -0.4 is 10.2 Å². The first-order chi connectivity index (χ1) is 10.6. The number of carbonyl (C=O) groups excluding carboxylic acids is 1. The lowest BCUT2D eigenvalue weighted by Gasteiger charge is -2.38. The summed E-state index contributed by atoms with van der Waals surface area (Å²) in [7, 11) is 0. The van der Waals surface area contributed by atoms with Crippen molar-refractivity contribution in [3.8, 4) is 0 Å². The number of fused-ring (bicyclic) bond motifs is 1. The zero-order valence-corrected chi connectivity index (χ0v) is 14.3. The predicted octanol–water partition coefficient (Wildman–Crippen LogP) is 4.75. The van der Waals surface area contributed by atoms with Crippen LogP contribution in [0.5, 0.6) is 0 Å². The number of nitrogens with one attached hydrogen (secondary N) is 1. The van der Waals surface area contributed by atoms with Gasteiger partial charge in [-0.25, -0.2) is 0 Å². The first-order valence-electron chi connectivity index (χ1n) is 7.47. The molecular weight excluding hydrogens is 340 g/mol. The highest BCUT2D eigenvalue weighted by Gasteiger charge is 2.31. The monoisotopic (exact) mass is 358 g/mol. The molecule has 0 saturated heterocycles. The van der Waals surface area contributed by atoms with Crippen LogP contribution in [0.1, 0.15) is 31.9 Å². The molecule has 0 radical (unpaired) electrons. The molecule has 2 aromatic carbocycles. The number of anilines is 2. The largest absolute Gasteiger partial charge is 0.382 e. The molecule has 0 unspecified atom stereocenters. The first-order valence-corrected chi connectivity index (χ1v) is 8.26. The molecule has 114 valence electrons. The maximum absolute atomic E-state index is 12.3. The second-order valence-corrected chi connectivity index (χ2v) is 6.67. The number of hydrogen-bond acceptors (Lipinski definition) is 2. The molecule has 0 saturated carbocycles. The molecule has 4 heteroatoms. The Labute approximate surface area is 139 Å². The van der Waals surface area contributed by atoms with Crippen LogP contribution in [0, 0.1) is 0 Å². The van der Waals surface area contributed by atoms with Crippen molar-refractivity contribution in [3.63, 3.8) is 0 Å². The highest BCUT2D eigenvalue weighted by atomic mass is 79.9. The van der Waals surface area contributed by atoms with E-state index in [0.717, 1.165) is 27.8 Å². The molecule has 1 N–H and O–H groups in total. The first kappa shape index (κ1) is 15.1. The Morgan fingerprint density at radius 3 is 2.64 bits per heavy atom. The zero-order valence-electron chi connectivity index (χ0n) is 12.7. The number of para-hydroxylation sites is 1. The van der Waals surface area contributed by atoms with Crippen LogP contribution in [0.3, 0.4) is 0 Å². The average Bonchev–Trinajstić information content (AvgIpc) is 2.49. The Bertz CT molecular complexity index is 687. The van der Waals surface area contributed by atoms with E-state index in [4.69, 9.17) is 0 Å². The number of nitrogens with zero attached hydrogens (tertiary/aromatic N) is 1. The Morgan fingerprint density at radius 2 is 1.95 bits per heavy atom. The minimum absolute atomic E-state index is 0.0450. The fourth-order valence-corrected chi connectivity index (χ4v) is 3.52. The Kier molecular flexibility index (Phi) is 4.21. The van der Waals surface area contributed by atoms with Gasteiger partial charge in [-0.15, -0.1) is 0 Å². The van der Waals surface area contributed by atoms with Crippen LogP contribution in [-0.2, 0) is 4.79 Å². The summed E-state index contributed by atoms with van der Waals surface area (Å²) in [6.45, 7) is 3.79. The lowest BCUT2D eigenvalue weighted by Crippen LogP contribution is -2.39. The third-order valence-electron chi connectivity index (χ3n) is 4.04. The van der Waals surface area contributed by atoms with Crippen molar-refractivity contribution in [2.45, 2.75) is 32.4 Å². The van der Waals surface area contributed by atoms with Gasteiger partial charge in [0.1, 0.15) is 0 Å². The number of carbonyl (C=O) groups is 1. The number of hydrogen-bond donors (Lipinski definition) is 1. The molecule has 22 heavy (non-hydrogen) atoms. The van der Waals surface area contributed by atoms with Crippen LogP contribution in [0.4, 0.5) is 11.4 Å². The molecule has 0 bridgehead atoms. The summed E-state index contributed by atoms with van der Waals surface area (Å²) in [5, 5.41) is 3.50. The number of rotatable bonds is 2. The Morgan fingerprint density at radius 1 is 1.23 bits per heavy atom. The van der Waals surface area contributed by atoms with E-state index in [1.54, 1.807) is 6.92 Å². The van der Waals surface area contributed by atoms with Crippen molar-refractivity contribution in [2.75, 3.05) is 10.2 Å². The third kappa shape index (κ3) is 2.88. The summed E-state index contributed by atoms with van der Waals surface area (Å²) < 4.78 is 1.03. The fraction of sp³-hybridized carbons (Fsp3) is 0.278. The van der Waals surface area contributed by atoms with E-state index in [1.807, 2.05) is 41.3 Å². The minimum Gasteiger partial charge on any atom is -0.382 e. The van der Waals surface area contributed by atoms with Gasteiger partial charge in [-0.05, 0) is 49.2 Å². The second kappa shape index (κ2) is 6.13. The Balaban J connectivity index is 2.09. The smallest absolute Gasteiger partial charge is 0.224 e. The van der Waals surface area contributed by atoms with Gasteiger partial charge in [-0.1, -0.05) is 34.1 Å². The van der Waals surface area contributed by atoms with E-state index < -0.39 is 0 Å². The van der Waals surface area contributed by atoms with Gasteiger partial charge in [0.2, 0.25) is 5.91 Å². The molecule has 0 aromatic heterocycles. The molecular formula is C18H19BrN2O. The molecule has 0 spiro atoms. The summed E-state index contributed by atoms with van der Waals surface area (Å²) in [5.41, 5.74) is 3.21. The van der Waals surface area contributed by atoms with Crippen molar-refractivity contribution < 1.29 is 4.79 Å². The van der Waals surface area contributed by atoms with E-state index in [9.17, 15) is 4.79 Å². The van der Waals surface area contributed by atoms with E-state index in [2.05, 4.69) is 40.3 Å².